The molecule has 1 atom stereocenters. The number of amidine groups is 1. The highest BCUT2D eigenvalue weighted by molar-refractivity contribution is 7.52. The fraction of sp³-hybridized carbons (Fsp3) is 0.857. The Hall–Kier alpha value is -0.410. The van der Waals surface area contributed by atoms with Crippen LogP contribution in [0.4, 0.5) is 4.20 Å². The van der Waals surface area contributed by atoms with Gasteiger partial charge in [-0.3, -0.25) is 4.52 Å². The van der Waals surface area contributed by atoms with E-state index in [0.717, 1.165) is 7.11 Å². The maximum absolute atomic E-state index is 12.8. The van der Waals surface area contributed by atoms with Crippen molar-refractivity contribution in [1.29, 1.82) is 0 Å². The highest BCUT2D eigenvalue weighted by atomic mass is 31.2. The van der Waals surface area contributed by atoms with E-state index < -0.39 is 7.83 Å². The van der Waals surface area contributed by atoms with Crippen molar-refractivity contribution in [1.82, 2.24) is 4.90 Å². The zero-order valence-electron chi connectivity index (χ0n) is 8.45. The van der Waals surface area contributed by atoms with Crippen LogP contribution in [0.3, 0.4) is 0 Å². The molecule has 0 saturated heterocycles. The van der Waals surface area contributed by atoms with E-state index in [2.05, 4.69) is 9.29 Å². The van der Waals surface area contributed by atoms with Gasteiger partial charge in [0, 0.05) is 20.2 Å². The summed E-state index contributed by atoms with van der Waals surface area (Å²) in [5.41, 5.74) is 0. The fourth-order valence-electron chi connectivity index (χ4n) is 0.958. The quantitative estimate of drug-likeness (QED) is 0.406. The second-order valence-electron chi connectivity index (χ2n) is 2.45. The maximum atomic E-state index is 12.8. The summed E-state index contributed by atoms with van der Waals surface area (Å²) in [5, 5.41) is 0. The van der Waals surface area contributed by atoms with Crippen molar-refractivity contribution >= 4 is 13.7 Å². The summed E-state index contributed by atoms with van der Waals surface area (Å²) in [6.45, 7) is 6.85. The third-order valence-corrected chi connectivity index (χ3v) is 2.69. The molecular weight excluding hydrogens is 194 g/mol. The Morgan fingerprint density at radius 1 is 1.54 bits per heavy atom. The predicted molar refractivity (Wildman–Crippen MR) is 51.8 cm³/mol. The van der Waals surface area contributed by atoms with E-state index in [1.54, 1.807) is 11.8 Å². The molecular formula is C7H16FN2O2P. The van der Waals surface area contributed by atoms with E-state index in [1.807, 2.05) is 13.8 Å². The van der Waals surface area contributed by atoms with Crippen LogP contribution in [0.15, 0.2) is 4.76 Å². The minimum absolute atomic E-state index is 0.401. The van der Waals surface area contributed by atoms with E-state index in [-0.39, 0.29) is 0 Å². The zero-order valence-corrected chi connectivity index (χ0v) is 9.34. The Bertz CT molecular complexity index is 229. The summed E-state index contributed by atoms with van der Waals surface area (Å²) >= 11 is 0. The van der Waals surface area contributed by atoms with Crippen LogP contribution in [-0.4, -0.2) is 30.9 Å². The average Bonchev–Trinajstić information content (AvgIpc) is 2.06. The first-order valence-corrected chi connectivity index (χ1v) is 5.60. The molecule has 0 aliphatic rings. The lowest BCUT2D eigenvalue weighted by atomic mass is 10.5. The number of rotatable bonds is 4. The van der Waals surface area contributed by atoms with Crippen molar-refractivity contribution in [3.8, 4) is 0 Å². The van der Waals surface area contributed by atoms with Crippen molar-refractivity contribution in [3.63, 3.8) is 0 Å². The number of hydrogen-bond donors (Lipinski definition) is 0. The van der Waals surface area contributed by atoms with Crippen molar-refractivity contribution in [2.24, 2.45) is 4.76 Å². The lowest BCUT2D eigenvalue weighted by Crippen LogP contribution is -2.28. The summed E-state index contributed by atoms with van der Waals surface area (Å²) in [7, 11) is -3.22. The van der Waals surface area contributed by atoms with Gasteiger partial charge in [-0.15, -0.1) is 4.20 Å². The van der Waals surface area contributed by atoms with Gasteiger partial charge >= 0.3 is 7.83 Å². The SMILES string of the molecule is CCN(CC)/C(C)=N/P(=O)(F)OC. The Labute approximate surface area is 78.4 Å². The van der Waals surface area contributed by atoms with Crippen LogP contribution < -0.4 is 0 Å². The zero-order chi connectivity index (χ0) is 10.5. The Morgan fingerprint density at radius 3 is 2.31 bits per heavy atom. The molecule has 0 N–H and O–H groups in total. The topological polar surface area (TPSA) is 41.9 Å². The molecule has 0 fully saturated rings. The fourth-order valence-corrected chi connectivity index (χ4v) is 1.51. The predicted octanol–water partition coefficient (Wildman–Crippen LogP) is 2.47. The molecule has 0 spiro atoms. The monoisotopic (exact) mass is 210 g/mol. The van der Waals surface area contributed by atoms with E-state index >= 15 is 0 Å². The molecule has 0 aliphatic heterocycles. The lowest BCUT2D eigenvalue weighted by Gasteiger charge is -2.20. The summed E-state index contributed by atoms with van der Waals surface area (Å²) in [6.07, 6.45) is 0. The second-order valence-corrected chi connectivity index (χ2v) is 3.92. The Balaban J connectivity index is 4.55. The van der Waals surface area contributed by atoms with Gasteiger partial charge < -0.3 is 4.90 Å². The normalized spacial score (nSPS) is 16.8. The second kappa shape index (κ2) is 5.35. The van der Waals surface area contributed by atoms with E-state index in [9.17, 15) is 8.76 Å². The van der Waals surface area contributed by atoms with Crippen molar-refractivity contribution in [2.75, 3.05) is 20.2 Å². The first kappa shape index (κ1) is 12.6. The lowest BCUT2D eigenvalue weighted by molar-refractivity contribution is 0.356. The molecule has 13 heavy (non-hydrogen) atoms. The van der Waals surface area contributed by atoms with Crippen LogP contribution in [0.1, 0.15) is 20.8 Å². The first-order valence-electron chi connectivity index (χ1n) is 4.14. The van der Waals surface area contributed by atoms with E-state index in [4.69, 9.17) is 0 Å². The van der Waals surface area contributed by atoms with Crippen LogP contribution >= 0.6 is 7.83 Å². The van der Waals surface area contributed by atoms with Crippen LogP contribution in [0.5, 0.6) is 0 Å². The van der Waals surface area contributed by atoms with Gasteiger partial charge in [-0.2, -0.15) is 4.76 Å². The van der Waals surface area contributed by atoms with Gasteiger partial charge in [0.1, 0.15) is 5.84 Å². The summed E-state index contributed by atoms with van der Waals surface area (Å²) in [4.78, 5) is 1.80. The highest BCUT2D eigenvalue weighted by Gasteiger charge is 2.19. The molecule has 6 heteroatoms. The number of nitrogens with zero attached hydrogens (tertiary/aromatic N) is 2. The summed E-state index contributed by atoms with van der Waals surface area (Å²) in [5.74, 6) is 0.401. The minimum atomic E-state index is -4.26. The van der Waals surface area contributed by atoms with Crippen molar-refractivity contribution in [2.45, 2.75) is 20.8 Å². The highest BCUT2D eigenvalue weighted by Crippen LogP contribution is 2.49. The Morgan fingerprint density at radius 2 is 2.00 bits per heavy atom. The third kappa shape index (κ3) is 4.39. The largest absolute Gasteiger partial charge is 0.492 e. The first-order chi connectivity index (χ1) is 5.96. The average molecular weight is 210 g/mol. The van der Waals surface area contributed by atoms with Crippen LogP contribution in [0, 0.1) is 0 Å². The molecule has 1 unspecified atom stereocenters. The van der Waals surface area contributed by atoms with Gasteiger partial charge in [0.25, 0.3) is 0 Å². The van der Waals surface area contributed by atoms with Gasteiger partial charge in [-0.1, -0.05) is 0 Å². The van der Waals surface area contributed by atoms with E-state index in [1.165, 1.54) is 0 Å². The van der Waals surface area contributed by atoms with Gasteiger partial charge in [-0.05, 0) is 20.8 Å². The summed E-state index contributed by atoms with van der Waals surface area (Å²) < 4.78 is 31.1. The van der Waals surface area contributed by atoms with Crippen LogP contribution in [0.25, 0.3) is 0 Å². The molecule has 78 valence electrons. The molecule has 0 aromatic rings. The molecule has 0 heterocycles. The third-order valence-electron chi connectivity index (χ3n) is 1.71. The van der Waals surface area contributed by atoms with Gasteiger partial charge in [0.2, 0.25) is 0 Å². The number of halogens is 1. The van der Waals surface area contributed by atoms with Gasteiger partial charge in [0.05, 0.1) is 0 Å². The molecule has 0 aromatic carbocycles. The maximum Gasteiger partial charge on any atom is 0.492 e. The van der Waals surface area contributed by atoms with E-state index in [0.29, 0.717) is 18.9 Å². The van der Waals surface area contributed by atoms with Gasteiger partial charge in [0.15, 0.2) is 0 Å². The standard InChI is InChI=1S/C7H16FN2O2P/c1-5-10(6-2)7(3)9-13(8,11)12-4/h5-6H2,1-4H3/b9-7+. The van der Waals surface area contributed by atoms with Crippen molar-refractivity contribution in [3.05, 3.63) is 0 Å². The molecule has 0 amide bonds. The molecule has 0 rings (SSSR count). The van der Waals surface area contributed by atoms with Gasteiger partial charge in [-0.25, -0.2) is 4.57 Å². The Kier molecular flexibility index (Phi) is 5.18. The number of hydrogen-bond acceptors (Lipinski definition) is 2. The summed E-state index contributed by atoms with van der Waals surface area (Å²) in [6, 6.07) is 0. The van der Waals surface area contributed by atoms with Crippen LogP contribution in [-0.2, 0) is 9.09 Å². The molecule has 4 nitrogen and oxygen atoms in total. The van der Waals surface area contributed by atoms with Crippen LogP contribution in [0.2, 0.25) is 0 Å². The minimum Gasteiger partial charge on any atom is -0.361 e. The molecule has 0 radical (unpaired) electrons. The van der Waals surface area contributed by atoms with Crippen molar-refractivity contribution < 1.29 is 13.3 Å². The molecule has 0 saturated carbocycles. The molecule has 0 aromatic heterocycles. The smallest absolute Gasteiger partial charge is 0.361 e. The molecule has 0 aliphatic carbocycles. The molecule has 0 bridgehead atoms.